The van der Waals surface area contributed by atoms with Crippen LogP contribution in [0.2, 0.25) is 0 Å². The number of nitro benzene ring substituents is 2. The van der Waals surface area contributed by atoms with Gasteiger partial charge in [-0.05, 0) is 31.8 Å². The number of carbonyl (C=O) groups is 1. The Morgan fingerprint density at radius 2 is 1.57 bits per heavy atom. The molecule has 1 saturated heterocycles. The Morgan fingerprint density at radius 3 is 2.10 bits per heavy atom. The van der Waals surface area contributed by atoms with Crippen LogP contribution in [0, 0.1) is 20.2 Å². The monoisotopic (exact) mass is 413 g/mol. The van der Waals surface area contributed by atoms with E-state index in [1.165, 1.54) is 5.56 Å². The van der Waals surface area contributed by atoms with E-state index in [0.29, 0.717) is 26.2 Å². The van der Waals surface area contributed by atoms with Crippen LogP contribution in [0.3, 0.4) is 0 Å². The zero-order valence-corrected chi connectivity index (χ0v) is 16.9. The van der Waals surface area contributed by atoms with Gasteiger partial charge in [0, 0.05) is 50.5 Å². The molecule has 1 fully saturated rings. The van der Waals surface area contributed by atoms with Gasteiger partial charge in [-0.1, -0.05) is 12.1 Å². The summed E-state index contributed by atoms with van der Waals surface area (Å²) in [7, 11) is 4.02. The molecule has 10 heteroatoms. The van der Waals surface area contributed by atoms with Crippen LogP contribution >= 0.6 is 0 Å². The highest BCUT2D eigenvalue weighted by Crippen LogP contribution is 2.25. The molecule has 0 atom stereocenters. The average Bonchev–Trinajstić information content (AvgIpc) is 2.72. The third kappa shape index (κ3) is 4.90. The molecule has 0 aromatic heterocycles. The molecule has 2 aromatic rings. The Morgan fingerprint density at radius 1 is 0.967 bits per heavy atom. The smallest absolute Gasteiger partial charge is 0.277 e. The molecule has 1 amide bonds. The van der Waals surface area contributed by atoms with Crippen LogP contribution in [0.5, 0.6) is 0 Å². The predicted molar refractivity (Wildman–Crippen MR) is 112 cm³/mol. The summed E-state index contributed by atoms with van der Waals surface area (Å²) >= 11 is 0. The predicted octanol–water partition coefficient (Wildman–Crippen LogP) is 2.53. The van der Waals surface area contributed by atoms with Crippen LogP contribution < -0.4 is 4.90 Å². The molecule has 0 spiro atoms. The van der Waals surface area contributed by atoms with Crippen molar-refractivity contribution in [2.24, 2.45) is 0 Å². The van der Waals surface area contributed by atoms with E-state index in [2.05, 4.69) is 21.9 Å². The van der Waals surface area contributed by atoms with E-state index in [4.69, 9.17) is 0 Å². The van der Waals surface area contributed by atoms with Gasteiger partial charge in [0.25, 0.3) is 17.3 Å². The summed E-state index contributed by atoms with van der Waals surface area (Å²) in [6.45, 7) is 2.89. The Labute approximate surface area is 173 Å². The molecule has 2 aromatic carbocycles. The average molecular weight is 413 g/mol. The van der Waals surface area contributed by atoms with Crippen LogP contribution in [0.1, 0.15) is 15.9 Å². The fourth-order valence-corrected chi connectivity index (χ4v) is 3.50. The minimum atomic E-state index is -0.734. The van der Waals surface area contributed by atoms with E-state index in [1.807, 2.05) is 26.2 Å². The number of hydrogen-bond acceptors (Lipinski definition) is 7. The lowest BCUT2D eigenvalue weighted by molar-refractivity contribution is -0.394. The minimum Gasteiger partial charge on any atom is -0.368 e. The van der Waals surface area contributed by atoms with Crippen molar-refractivity contribution in [2.75, 3.05) is 45.2 Å². The van der Waals surface area contributed by atoms with Gasteiger partial charge in [-0.3, -0.25) is 25.0 Å². The maximum Gasteiger partial charge on any atom is 0.277 e. The van der Waals surface area contributed by atoms with Crippen LogP contribution in [0.25, 0.3) is 0 Å². The van der Waals surface area contributed by atoms with Gasteiger partial charge in [0.05, 0.1) is 21.5 Å². The topological polar surface area (TPSA) is 113 Å². The number of carbonyl (C=O) groups excluding carboxylic acids is 1. The Balaban J connectivity index is 1.71. The molecule has 0 bridgehead atoms. The van der Waals surface area contributed by atoms with Gasteiger partial charge in [0.2, 0.25) is 0 Å². The van der Waals surface area contributed by atoms with Gasteiger partial charge >= 0.3 is 0 Å². The van der Waals surface area contributed by atoms with Gasteiger partial charge in [-0.25, -0.2) is 0 Å². The van der Waals surface area contributed by atoms with E-state index in [9.17, 15) is 25.0 Å². The van der Waals surface area contributed by atoms with Crippen molar-refractivity contribution < 1.29 is 14.6 Å². The number of hydrogen-bond donors (Lipinski definition) is 0. The fraction of sp³-hybridized carbons (Fsp3) is 0.350. The molecule has 0 N–H and O–H groups in total. The molecule has 1 heterocycles. The number of non-ortho nitro benzene ring substituents is 2. The molecule has 10 nitrogen and oxygen atoms in total. The van der Waals surface area contributed by atoms with E-state index in [1.54, 1.807) is 4.90 Å². The van der Waals surface area contributed by atoms with Crippen molar-refractivity contribution in [3.05, 3.63) is 73.8 Å². The van der Waals surface area contributed by atoms with Gasteiger partial charge in [0.1, 0.15) is 0 Å². The van der Waals surface area contributed by atoms with Gasteiger partial charge < -0.3 is 14.7 Å². The molecule has 158 valence electrons. The third-order valence-corrected chi connectivity index (χ3v) is 4.91. The van der Waals surface area contributed by atoms with Crippen LogP contribution in [-0.4, -0.2) is 65.8 Å². The summed E-state index contributed by atoms with van der Waals surface area (Å²) in [5.41, 5.74) is 1.29. The molecule has 1 aliphatic heterocycles. The number of piperazine rings is 1. The lowest BCUT2D eigenvalue weighted by Gasteiger charge is -2.36. The summed E-state index contributed by atoms with van der Waals surface area (Å²) in [6, 6.07) is 11.3. The minimum absolute atomic E-state index is 0.0441. The first-order valence-corrected chi connectivity index (χ1v) is 9.46. The molecule has 30 heavy (non-hydrogen) atoms. The molecule has 3 rings (SSSR count). The highest BCUT2D eigenvalue weighted by atomic mass is 16.6. The molecular weight excluding hydrogens is 390 g/mol. The number of rotatable bonds is 6. The first kappa shape index (κ1) is 21.2. The van der Waals surface area contributed by atoms with Crippen molar-refractivity contribution in [3.8, 4) is 0 Å². The lowest BCUT2D eigenvalue weighted by atomic mass is 10.1. The normalized spacial score (nSPS) is 14.1. The van der Waals surface area contributed by atoms with Gasteiger partial charge in [-0.15, -0.1) is 0 Å². The van der Waals surface area contributed by atoms with E-state index < -0.39 is 27.1 Å². The van der Waals surface area contributed by atoms with Crippen molar-refractivity contribution in [3.63, 3.8) is 0 Å². The first-order chi connectivity index (χ1) is 14.2. The fourth-order valence-electron chi connectivity index (χ4n) is 3.50. The van der Waals surface area contributed by atoms with Crippen molar-refractivity contribution in [1.82, 2.24) is 9.80 Å². The second-order valence-corrected chi connectivity index (χ2v) is 7.44. The van der Waals surface area contributed by atoms with Gasteiger partial charge in [0.15, 0.2) is 0 Å². The summed E-state index contributed by atoms with van der Waals surface area (Å²) in [5, 5.41) is 22.1. The molecule has 0 unspecified atom stereocenters. The number of anilines is 1. The second kappa shape index (κ2) is 8.87. The Bertz CT molecular complexity index is 938. The highest BCUT2D eigenvalue weighted by Gasteiger charge is 2.26. The molecule has 0 aliphatic carbocycles. The lowest BCUT2D eigenvalue weighted by Crippen LogP contribution is -2.48. The first-order valence-electron chi connectivity index (χ1n) is 9.46. The standard InChI is InChI=1S/C20H23N5O5/c1-21(2)14-15-4-3-5-17(10-15)22-6-8-23(9-7-22)20(26)16-11-18(24(27)28)13-19(12-16)25(29)30/h3-5,10-13H,6-9,14H2,1-2H3. The maximum atomic E-state index is 12.8. The van der Waals surface area contributed by atoms with Crippen LogP contribution in [0.15, 0.2) is 42.5 Å². The summed E-state index contributed by atoms with van der Waals surface area (Å²) in [4.78, 5) is 39.3. The summed E-state index contributed by atoms with van der Waals surface area (Å²) in [5.74, 6) is -0.442. The quantitative estimate of drug-likeness (QED) is 0.528. The molecule has 1 aliphatic rings. The highest BCUT2D eigenvalue weighted by molar-refractivity contribution is 5.95. The maximum absolute atomic E-state index is 12.8. The van der Waals surface area contributed by atoms with E-state index in [0.717, 1.165) is 30.4 Å². The van der Waals surface area contributed by atoms with Gasteiger partial charge in [-0.2, -0.15) is 0 Å². The largest absolute Gasteiger partial charge is 0.368 e. The van der Waals surface area contributed by atoms with Crippen molar-refractivity contribution in [1.29, 1.82) is 0 Å². The van der Waals surface area contributed by atoms with E-state index in [-0.39, 0.29) is 5.56 Å². The number of benzene rings is 2. The third-order valence-electron chi connectivity index (χ3n) is 4.91. The van der Waals surface area contributed by atoms with Crippen LogP contribution in [0.4, 0.5) is 17.1 Å². The summed E-state index contributed by atoms with van der Waals surface area (Å²) in [6.07, 6.45) is 0. The Kier molecular flexibility index (Phi) is 6.26. The number of amides is 1. The number of nitrogens with zero attached hydrogens (tertiary/aromatic N) is 5. The van der Waals surface area contributed by atoms with Crippen molar-refractivity contribution >= 4 is 23.0 Å². The zero-order valence-electron chi connectivity index (χ0n) is 16.9. The zero-order chi connectivity index (χ0) is 21.8. The molecular formula is C20H23N5O5. The Hall–Kier alpha value is -3.53. The van der Waals surface area contributed by atoms with Crippen molar-refractivity contribution in [2.45, 2.75) is 6.54 Å². The SMILES string of the molecule is CN(C)Cc1cccc(N2CCN(C(=O)c3cc([N+](=O)[O-])cc([N+](=O)[O-])c3)CC2)c1. The molecule has 0 saturated carbocycles. The number of nitro groups is 2. The van der Waals surface area contributed by atoms with E-state index >= 15 is 0 Å². The van der Waals surface area contributed by atoms with Crippen LogP contribution in [-0.2, 0) is 6.54 Å². The second-order valence-electron chi connectivity index (χ2n) is 7.44. The molecule has 0 radical (unpaired) electrons. The summed E-state index contributed by atoms with van der Waals surface area (Å²) < 4.78 is 0.